The Labute approximate surface area is 174 Å². The number of nitrogens with zero attached hydrogens (tertiary/aromatic N) is 4. The van der Waals surface area contributed by atoms with Crippen molar-refractivity contribution in [1.82, 2.24) is 18.8 Å². The van der Waals surface area contributed by atoms with Crippen LogP contribution in [0.1, 0.15) is 40.4 Å². The van der Waals surface area contributed by atoms with E-state index in [-0.39, 0.29) is 5.41 Å². The van der Waals surface area contributed by atoms with Gasteiger partial charge in [0.15, 0.2) is 0 Å². The third-order valence-electron chi connectivity index (χ3n) is 6.03. The molecule has 1 fully saturated rings. The topological polar surface area (TPSA) is 67.7 Å². The second kappa shape index (κ2) is 8.34. The number of rotatable bonds is 6. The highest BCUT2D eigenvalue weighted by atomic mass is 32.2. The molecule has 3 rings (SSSR count). The highest BCUT2D eigenvalue weighted by molar-refractivity contribution is 7.89. The predicted molar refractivity (Wildman–Crippen MR) is 115 cm³/mol. The number of morpholine rings is 1. The summed E-state index contributed by atoms with van der Waals surface area (Å²) in [7, 11) is -1.41. The van der Waals surface area contributed by atoms with Crippen LogP contribution >= 0.6 is 0 Å². The van der Waals surface area contributed by atoms with Gasteiger partial charge in [0.05, 0.1) is 35.7 Å². The van der Waals surface area contributed by atoms with Crippen LogP contribution in [0.3, 0.4) is 0 Å². The van der Waals surface area contributed by atoms with Crippen molar-refractivity contribution in [3.63, 3.8) is 0 Å². The Kier molecular flexibility index (Phi) is 6.38. The lowest BCUT2D eigenvalue weighted by Gasteiger charge is -2.35. The Bertz CT molecular complexity index is 956. The molecule has 2 aromatic rings. The molecule has 0 radical (unpaired) electrons. The smallest absolute Gasteiger partial charge is 0.243 e. The molecule has 0 aliphatic carbocycles. The monoisotopic (exact) mass is 422 g/mol. The van der Waals surface area contributed by atoms with Gasteiger partial charge in [-0.15, -0.1) is 0 Å². The summed E-state index contributed by atoms with van der Waals surface area (Å²) in [5.74, 6) is 0.960. The number of benzene rings is 1. The largest absolute Gasteiger partial charge is 0.379 e. The SMILES string of the molecule is CCn1c(CN(C)C(C)C(C)(C)C)nc2cc(S(=O)(=O)N3CCOCC3)ccc21. The van der Waals surface area contributed by atoms with Gasteiger partial charge in [-0.3, -0.25) is 4.90 Å². The maximum Gasteiger partial charge on any atom is 0.243 e. The molecule has 1 aliphatic heterocycles. The molecule has 1 aliphatic rings. The molecule has 1 aromatic heterocycles. The van der Waals surface area contributed by atoms with E-state index in [9.17, 15) is 8.42 Å². The van der Waals surface area contributed by atoms with Crippen molar-refractivity contribution in [1.29, 1.82) is 0 Å². The van der Waals surface area contributed by atoms with E-state index in [0.717, 1.165) is 23.4 Å². The zero-order valence-corrected chi connectivity index (χ0v) is 19.3. The Hall–Kier alpha value is -1.48. The molecule has 0 spiro atoms. The van der Waals surface area contributed by atoms with Crippen molar-refractivity contribution >= 4 is 21.1 Å². The van der Waals surface area contributed by atoms with E-state index in [2.05, 4.69) is 51.1 Å². The molecule has 0 bridgehead atoms. The number of aryl methyl sites for hydroxylation is 1. The van der Waals surface area contributed by atoms with Crippen LogP contribution in [0.15, 0.2) is 23.1 Å². The van der Waals surface area contributed by atoms with E-state index in [1.165, 1.54) is 4.31 Å². The van der Waals surface area contributed by atoms with Gasteiger partial charge in [0.1, 0.15) is 5.82 Å². The third-order valence-corrected chi connectivity index (χ3v) is 7.92. The average molecular weight is 423 g/mol. The van der Waals surface area contributed by atoms with Crippen LogP contribution in [-0.4, -0.2) is 66.6 Å². The second-order valence-corrected chi connectivity index (χ2v) is 10.8. The molecular formula is C21H34N4O3S. The van der Waals surface area contributed by atoms with Gasteiger partial charge in [-0.2, -0.15) is 4.31 Å². The average Bonchev–Trinajstić information content (AvgIpc) is 3.03. The molecule has 8 heteroatoms. The Balaban J connectivity index is 1.94. The van der Waals surface area contributed by atoms with E-state index >= 15 is 0 Å². The van der Waals surface area contributed by atoms with E-state index < -0.39 is 10.0 Å². The number of imidazole rings is 1. The minimum absolute atomic E-state index is 0.164. The summed E-state index contributed by atoms with van der Waals surface area (Å²) in [6, 6.07) is 5.68. The van der Waals surface area contributed by atoms with Crippen molar-refractivity contribution in [3.05, 3.63) is 24.0 Å². The van der Waals surface area contributed by atoms with Gasteiger partial charge in [0, 0.05) is 25.7 Å². The number of ether oxygens (including phenoxy) is 1. The zero-order chi connectivity index (χ0) is 21.4. The van der Waals surface area contributed by atoms with E-state index in [4.69, 9.17) is 9.72 Å². The predicted octanol–water partition coefficient (Wildman–Crippen LogP) is 2.94. The third kappa shape index (κ3) is 4.50. The quantitative estimate of drug-likeness (QED) is 0.716. The fraction of sp³-hybridized carbons (Fsp3) is 0.667. The van der Waals surface area contributed by atoms with Crippen molar-refractivity contribution in [2.24, 2.45) is 5.41 Å². The summed E-state index contributed by atoms with van der Waals surface area (Å²) in [6.07, 6.45) is 0. The molecule has 0 amide bonds. The van der Waals surface area contributed by atoms with Gasteiger partial charge >= 0.3 is 0 Å². The number of sulfonamides is 1. The Morgan fingerprint density at radius 3 is 2.48 bits per heavy atom. The number of hydrogen-bond donors (Lipinski definition) is 0. The summed E-state index contributed by atoms with van der Waals surface area (Å²) in [5, 5.41) is 0. The van der Waals surface area contributed by atoms with E-state index in [1.807, 2.05) is 6.07 Å². The van der Waals surface area contributed by atoms with Crippen LogP contribution < -0.4 is 0 Å². The fourth-order valence-corrected chi connectivity index (χ4v) is 5.18. The highest BCUT2D eigenvalue weighted by Gasteiger charge is 2.28. The number of aromatic nitrogens is 2. The summed E-state index contributed by atoms with van der Waals surface area (Å²) < 4.78 is 34.9. The van der Waals surface area contributed by atoms with Crippen LogP contribution in [-0.2, 0) is 27.8 Å². The first-order chi connectivity index (χ1) is 13.6. The molecule has 1 saturated heterocycles. The van der Waals surface area contributed by atoms with E-state index in [0.29, 0.717) is 43.8 Å². The van der Waals surface area contributed by atoms with Gasteiger partial charge < -0.3 is 9.30 Å². The molecule has 162 valence electrons. The summed E-state index contributed by atoms with van der Waals surface area (Å²) in [6.45, 7) is 14.2. The van der Waals surface area contributed by atoms with Crippen molar-refractivity contribution in [3.8, 4) is 0 Å². The minimum atomic E-state index is -3.53. The molecular weight excluding hydrogens is 388 g/mol. The minimum Gasteiger partial charge on any atom is -0.379 e. The zero-order valence-electron chi connectivity index (χ0n) is 18.5. The van der Waals surface area contributed by atoms with Crippen molar-refractivity contribution in [2.75, 3.05) is 33.4 Å². The lowest BCUT2D eigenvalue weighted by molar-refractivity contribution is 0.0730. The van der Waals surface area contributed by atoms with Crippen LogP contribution in [0.2, 0.25) is 0 Å². The first-order valence-corrected chi connectivity index (χ1v) is 11.8. The van der Waals surface area contributed by atoms with E-state index in [1.54, 1.807) is 12.1 Å². The van der Waals surface area contributed by atoms with Crippen molar-refractivity contribution in [2.45, 2.75) is 58.6 Å². The number of fused-ring (bicyclic) bond motifs is 1. The van der Waals surface area contributed by atoms with Gasteiger partial charge in [-0.05, 0) is 44.5 Å². The fourth-order valence-electron chi connectivity index (χ4n) is 3.75. The first-order valence-electron chi connectivity index (χ1n) is 10.3. The molecule has 1 unspecified atom stereocenters. The van der Waals surface area contributed by atoms with Gasteiger partial charge in [-0.25, -0.2) is 13.4 Å². The van der Waals surface area contributed by atoms with Gasteiger partial charge in [0.2, 0.25) is 10.0 Å². The molecule has 29 heavy (non-hydrogen) atoms. The molecule has 0 saturated carbocycles. The molecule has 1 aromatic carbocycles. The molecule has 7 nitrogen and oxygen atoms in total. The van der Waals surface area contributed by atoms with Crippen molar-refractivity contribution < 1.29 is 13.2 Å². The first kappa shape index (κ1) is 22.2. The molecule has 0 N–H and O–H groups in total. The highest BCUT2D eigenvalue weighted by Crippen LogP contribution is 2.27. The maximum absolute atomic E-state index is 13.0. The summed E-state index contributed by atoms with van der Waals surface area (Å²) in [4.78, 5) is 7.43. The Morgan fingerprint density at radius 1 is 1.24 bits per heavy atom. The van der Waals surface area contributed by atoms with Gasteiger partial charge in [-0.1, -0.05) is 20.8 Å². The lowest BCUT2D eigenvalue weighted by atomic mass is 9.87. The standard InChI is InChI=1S/C21H34N4O3S/c1-7-25-19-9-8-17(29(26,27)24-10-12-28-13-11-24)14-18(19)22-20(25)15-23(6)16(2)21(3,4)5/h8-9,14,16H,7,10-13,15H2,1-6H3. The molecule has 1 atom stereocenters. The van der Waals surface area contributed by atoms with Crippen LogP contribution in [0.5, 0.6) is 0 Å². The lowest BCUT2D eigenvalue weighted by Crippen LogP contribution is -2.40. The Morgan fingerprint density at radius 2 is 1.90 bits per heavy atom. The normalized spacial score (nSPS) is 17.9. The second-order valence-electron chi connectivity index (χ2n) is 8.90. The maximum atomic E-state index is 13.0. The molecule has 2 heterocycles. The van der Waals surface area contributed by atoms with Crippen LogP contribution in [0.25, 0.3) is 11.0 Å². The summed E-state index contributed by atoms with van der Waals surface area (Å²) in [5.41, 5.74) is 1.87. The van der Waals surface area contributed by atoms with Crippen LogP contribution in [0.4, 0.5) is 0 Å². The number of hydrogen-bond acceptors (Lipinski definition) is 5. The summed E-state index contributed by atoms with van der Waals surface area (Å²) >= 11 is 0. The van der Waals surface area contributed by atoms with Crippen LogP contribution in [0, 0.1) is 5.41 Å². The van der Waals surface area contributed by atoms with Gasteiger partial charge in [0.25, 0.3) is 0 Å².